The van der Waals surface area contributed by atoms with Gasteiger partial charge in [0.15, 0.2) is 5.58 Å². The molecule has 37 heavy (non-hydrogen) atoms. The van der Waals surface area contributed by atoms with E-state index in [-0.39, 0.29) is 27.9 Å². The van der Waals surface area contributed by atoms with Crippen LogP contribution < -0.4 is 5.32 Å². The smallest absolute Gasteiger partial charge is 0.232 e. The van der Waals surface area contributed by atoms with Gasteiger partial charge in [0.2, 0.25) is 11.8 Å². The highest BCUT2D eigenvalue weighted by Gasteiger charge is 2.24. The maximum absolute atomic E-state index is 14.4. The van der Waals surface area contributed by atoms with E-state index in [1.54, 1.807) is 42.5 Å². The van der Waals surface area contributed by atoms with Crippen molar-refractivity contribution >= 4 is 45.2 Å². The molecule has 9 heteroatoms. The van der Waals surface area contributed by atoms with Gasteiger partial charge in [-0.2, -0.15) is 0 Å². The van der Waals surface area contributed by atoms with Gasteiger partial charge < -0.3 is 14.5 Å². The number of anilines is 1. The summed E-state index contributed by atoms with van der Waals surface area (Å²) in [5, 5.41) is 3.60. The van der Waals surface area contributed by atoms with Crippen LogP contribution in [0.4, 0.5) is 14.5 Å². The normalized spacial score (nSPS) is 12.2. The summed E-state index contributed by atoms with van der Waals surface area (Å²) in [6, 6.07) is 15.8. The fourth-order valence-electron chi connectivity index (χ4n) is 4.23. The molecule has 0 fully saturated rings. The molecule has 1 unspecified atom stereocenters. The molecular weight excluding hydrogens is 500 g/mol. The highest BCUT2D eigenvalue weighted by atomic mass is 35.5. The predicted molar refractivity (Wildman–Crippen MR) is 139 cm³/mol. The number of carbonyl (C=O) groups excluding carboxylic acids is 1. The molecule has 188 valence electrons. The zero-order valence-electron chi connectivity index (χ0n) is 19.8. The Kier molecular flexibility index (Phi) is 7.12. The van der Waals surface area contributed by atoms with Crippen LogP contribution in [0.2, 0.25) is 5.02 Å². The molecule has 0 radical (unpaired) electrons. The molecule has 1 atom stereocenters. The van der Waals surface area contributed by atoms with Crippen LogP contribution in [0.25, 0.3) is 33.5 Å². The molecule has 0 aliphatic heterocycles. The summed E-state index contributed by atoms with van der Waals surface area (Å²) in [6.45, 7) is 2.74. The Morgan fingerprint density at radius 1 is 1.11 bits per heavy atom. The van der Waals surface area contributed by atoms with E-state index in [1.807, 2.05) is 6.92 Å². The Labute approximate surface area is 216 Å². The summed E-state index contributed by atoms with van der Waals surface area (Å²) in [5.74, 6) is -1.87. The highest BCUT2D eigenvalue weighted by molar-refractivity contribution is 6.33. The van der Waals surface area contributed by atoms with E-state index < -0.39 is 17.6 Å². The van der Waals surface area contributed by atoms with Crippen molar-refractivity contribution in [3.05, 3.63) is 89.1 Å². The first kappa shape index (κ1) is 24.8. The minimum atomic E-state index is -0.607. The van der Waals surface area contributed by atoms with E-state index in [0.29, 0.717) is 47.4 Å². The standard InChI is InChI=1S/C28H22ClF2N3O3/c1-2-36-14-12-17(27(35)33-22-11-13-32-26-18(22)5-3-8-21(26)31)16-9-10-24-23(15-16)34-28(37-24)25-19(29)6-4-7-20(25)30/h3-11,13,15,17H,2,12,14H2,1H3,(H,32,33,35). The van der Waals surface area contributed by atoms with Gasteiger partial charge in [-0.1, -0.05) is 35.9 Å². The Morgan fingerprint density at radius 3 is 2.73 bits per heavy atom. The van der Waals surface area contributed by atoms with Crippen molar-refractivity contribution in [2.24, 2.45) is 0 Å². The molecule has 6 nitrogen and oxygen atoms in total. The molecular formula is C28H22ClF2N3O3. The van der Waals surface area contributed by atoms with Crippen molar-refractivity contribution in [3.8, 4) is 11.5 Å². The monoisotopic (exact) mass is 521 g/mol. The summed E-state index contributed by atoms with van der Waals surface area (Å²) < 4.78 is 39.9. The molecule has 0 bridgehead atoms. The van der Waals surface area contributed by atoms with Crippen molar-refractivity contribution < 1.29 is 22.7 Å². The van der Waals surface area contributed by atoms with Gasteiger partial charge in [-0.3, -0.25) is 9.78 Å². The third-order valence-electron chi connectivity index (χ3n) is 6.04. The van der Waals surface area contributed by atoms with Gasteiger partial charge in [-0.05, 0) is 55.3 Å². The summed E-state index contributed by atoms with van der Waals surface area (Å²) >= 11 is 6.18. The fraction of sp³-hybridized carbons (Fsp3) is 0.179. The number of ether oxygens (including phenoxy) is 1. The van der Waals surface area contributed by atoms with E-state index in [2.05, 4.69) is 15.3 Å². The lowest BCUT2D eigenvalue weighted by molar-refractivity contribution is -0.118. The van der Waals surface area contributed by atoms with Crippen molar-refractivity contribution in [2.75, 3.05) is 18.5 Å². The zero-order chi connectivity index (χ0) is 25.9. The molecule has 5 aromatic rings. The van der Waals surface area contributed by atoms with Crippen molar-refractivity contribution in [2.45, 2.75) is 19.3 Å². The Balaban J connectivity index is 1.49. The topological polar surface area (TPSA) is 77.2 Å². The molecule has 0 saturated heterocycles. The molecule has 2 aromatic heterocycles. The number of oxazole rings is 1. The van der Waals surface area contributed by atoms with Gasteiger partial charge in [0.05, 0.1) is 22.2 Å². The maximum atomic E-state index is 14.4. The zero-order valence-corrected chi connectivity index (χ0v) is 20.6. The maximum Gasteiger partial charge on any atom is 0.232 e. The lowest BCUT2D eigenvalue weighted by atomic mass is 9.94. The van der Waals surface area contributed by atoms with Crippen LogP contribution in [0.15, 0.2) is 71.3 Å². The Hall–Kier alpha value is -3.88. The number of pyridine rings is 1. The van der Waals surface area contributed by atoms with E-state index >= 15 is 0 Å². The van der Waals surface area contributed by atoms with Crippen molar-refractivity contribution in [1.29, 1.82) is 0 Å². The average molecular weight is 522 g/mol. The van der Waals surface area contributed by atoms with Crippen LogP contribution in [-0.4, -0.2) is 29.1 Å². The SMILES string of the molecule is CCOCCC(C(=O)Nc1ccnc2c(F)cccc12)c1ccc2oc(-c3c(F)cccc3Cl)nc2c1. The second-order valence-electron chi connectivity index (χ2n) is 8.36. The fourth-order valence-corrected chi connectivity index (χ4v) is 4.48. The first-order chi connectivity index (χ1) is 18.0. The van der Waals surface area contributed by atoms with E-state index in [4.69, 9.17) is 20.8 Å². The van der Waals surface area contributed by atoms with Crippen molar-refractivity contribution in [1.82, 2.24) is 9.97 Å². The lowest BCUT2D eigenvalue weighted by Crippen LogP contribution is -2.23. The van der Waals surface area contributed by atoms with Crippen LogP contribution in [0.3, 0.4) is 0 Å². The quantitative estimate of drug-likeness (QED) is 0.220. The first-order valence-corrected chi connectivity index (χ1v) is 12.1. The Bertz CT molecular complexity index is 1580. The van der Waals surface area contributed by atoms with E-state index in [0.717, 1.165) is 0 Å². The molecule has 2 heterocycles. The van der Waals surface area contributed by atoms with Crippen molar-refractivity contribution in [3.63, 3.8) is 0 Å². The van der Waals surface area contributed by atoms with Gasteiger partial charge in [0.1, 0.15) is 22.7 Å². The number of amides is 1. The van der Waals surface area contributed by atoms with Crippen LogP contribution in [0, 0.1) is 11.6 Å². The largest absolute Gasteiger partial charge is 0.436 e. The van der Waals surface area contributed by atoms with E-state index in [1.165, 1.54) is 24.4 Å². The van der Waals surface area contributed by atoms with Gasteiger partial charge in [-0.15, -0.1) is 0 Å². The summed E-state index contributed by atoms with van der Waals surface area (Å²) in [4.78, 5) is 22.0. The predicted octanol–water partition coefficient (Wildman–Crippen LogP) is 7.12. The third kappa shape index (κ3) is 5.03. The number of rotatable bonds is 8. The molecule has 0 aliphatic carbocycles. The van der Waals surface area contributed by atoms with Gasteiger partial charge >= 0.3 is 0 Å². The minimum Gasteiger partial charge on any atom is -0.436 e. The molecule has 1 amide bonds. The average Bonchev–Trinajstić information content (AvgIpc) is 3.30. The molecule has 1 N–H and O–H groups in total. The number of fused-ring (bicyclic) bond motifs is 2. The molecule has 0 aliphatic rings. The van der Waals surface area contributed by atoms with Crippen LogP contribution in [0.1, 0.15) is 24.8 Å². The number of hydrogen-bond donors (Lipinski definition) is 1. The number of benzene rings is 3. The van der Waals surface area contributed by atoms with Crippen LogP contribution in [-0.2, 0) is 9.53 Å². The molecule has 0 saturated carbocycles. The number of hydrogen-bond acceptors (Lipinski definition) is 5. The van der Waals surface area contributed by atoms with E-state index in [9.17, 15) is 13.6 Å². The number of nitrogens with one attached hydrogen (secondary N) is 1. The second-order valence-corrected chi connectivity index (χ2v) is 8.77. The number of para-hydroxylation sites is 1. The highest BCUT2D eigenvalue weighted by Crippen LogP contribution is 2.34. The molecule has 5 rings (SSSR count). The Morgan fingerprint density at radius 2 is 1.92 bits per heavy atom. The number of halogens is 3. The number of aromatic nitrogens is 2. The summed E-state index contributed by atoms with van der Waals surface area (Å²) in [6.07, 6.45) is 1.85. The van der Waals surface area contributed by atoms with Crippen LogP contribution >= 0.6 is 11.6 Å². The minimum absolute atomic E-state index is 0.0517. The third-order valence-corrected chi connectivity index (χ3v) is 6.36. The number of carbonyl (C=O) groups is 1. The first-order valence-electron chi connectivity index (χ1n) is 11.7. The van der Waals surface area contributed by atoms with Crippen LogP contribution in [0.5, 0.6) is 0 Å². The van der Waals surface area contributed by atoms with Gasteiger partial charge in [0.25, 0.3) is 0 Å². The number of nitrogens with zero attached hydrogens (tertiary/aromatic N) is 2. The lowest BCUT2D eigenvalue weighted by Gasteiger charge is -2.18. The summed E-state index contributed by atoms with van der Waals surface area (Å²) in [7, 11) is 0. The van der Waals surface area contributed by atoms with Gasteiger partial charge in [0, 0.05) is 24.8 Å². The second kappa shape index (κ2) is 10.6. The summed E-state index contributed by atoms with van der Waals surface area (Å²) in [5.41, 5.74) is 2.26. The molecule has 0 spiro atoms. The molecule has 3 aromatic carbocycles. The van der Waals surface area contributed by atoms with Gasteiger partial charge in [-0.25, -0.2) is 13.8 Å².